The molecule has 0 saturated heterocycles. The summed E-state index contributed by atoms with van der Waals surface area (Å²) < 4.78 is 0. The molecule has 98 valence electrons. The Morgan fingerprint density at radius 3 is 2.61 bits per heavy atom. The van der Waals surface area contributed by atoms with Crippen molar-refractivity contribution in [2.24, 2.45) is 10.9 Å². The Bertz CT molecular complexity index is 400. The first kappa shape index (κ1) is 13.5. The third-order valence-electron chi connectivity index (χ3n) is 3.20. The molecule has 0 aliphatic carbocycles. The number of thioether (sulfide) groups is 1. The molecule has 0 amide bonds. The molecule has 0 radical (unpaired) electrons. The van der Waals surface area contributed by atoms with E-state index in [4.69, 9.17) is 4.99 Å². The van der Waals surface area contributed by atoms with Crippen molar-refractivity contribution in [3.8, 4) is 0 Å². The van der Waals surface area contributed by atoms with Gasteiger partial charge < -0.3 is 5.32 Å². The first-order chi connectivity index (χ1) is 8.65. The number of nitrogens with zero attached hydrogens (tertiary/aromatic N) is 1. The lowest BCUT2D eigenvalue weighted by molar-refractivity contribution is 0.540. The summed E-state index contributed by atoms with van der Waals surface area (Å²) in [6.45, 7) is 6.70. The lowest BCUT2D eigenvalue weighted by Crippen LogP contribution is -2.31. The summed E-state index contributed by atoms with van der Waals surface area (Å²) >= 11 is 1.86. The van der Waals surface area contributed by atoms with E-state index in [0.29, 0.717) is 18.0 Å². The van der Waals surface area contributed by atoms with Gasteiger partial charge in [-0.2, -0.15) is 0 Å². The molecule has 0 spiro atoms. The normalized spacial score (nSPS) is 20.9. The van der Waals surface area contributed by atoms with Crippen molar-refractivity contribution in [3.63, 3.8) is 0 Å². The Kier molecular flexibility index (Phi) is 4.70. The number of nitrogens with one attached hydrogen (secondary N) is 1. The molecule has 1 aromatic carbocycles. The van der Waals surface area contributed by atoms with Crippen LogP contribution in [-0.2, 0) is 6.42 Å². The summed E-state index contributed by atoms with van der Waals surface area (Å²) in [5.74, 6) is 1.76. The van der Waals surface area contributed by atoms with Gasteiger partial charge in [0.25, 0.3) is 0 Å². The number of aliphatic imine (C=N–C) groups is 1. The Morgan fingerprint density at radius 1 is 1.28 bits per heavy atom. The van der Waals surface area contributed by atoms with Crippen molar-refractivity contribution >= 4 is 16.9 Å². The van der Waals surface area contributed by atoms with Gasteiger partial charge in [-0.25, -0.2) is 0 Å². The minimum absolute atomic E-state index is 0.435. The van der Waals surface area contributed by atoms with Crippen LogP contribution in [0.1, 0.15) is 26.3 Å². The van der Waals surface area contributed by atoms with Crippen molar-refractivity contribution in [2.45, 2.75) is 39.3 Å². The zero-order valence-electron chi connectivity index (χ0n) is 11.4. The van der Waals surface area contributed by atoms with Crippen molar-refractivity contribution in [3.05, 3.63) is 35.9 Å². The summed E-state index contributed by atoms with van der Waals surface area (Å²) in [6.07, 6.45) is 1.05. The van der Waals surface area contributed by atoms with E-state index in [1.54, 1.807) is 0 Å². The fraction of sp³-hybridized carbons (Fsp3) is 0.533. The Morgan fingerprint density at radius 2 is 2.00 bits per heavy atom. The Balaban J connectivity index is 1.85. The Labute approximate surface area is 114 Å². The smallest absolute Gasteiger partial charge is 0.157 e. The minimum Gasteiger partial charge on any atom is -0.362 e. The van der Waals surface area contributed by atoms with Crippen LogP contribution in [0.5, 0.6) is 0 Å². The van der Waals surface area contributed by atoms with Gasteiger partial charge in [-0.3, -0.25) is 4.99 Å². The van der Waals surface area contributed by atoms with Gasteiger partial charge in [-0.1, -0.05) is 55.9 Å². The summed E-state index contributed by atoms with van der Waals surface area (Å²) in [7, 11) is 0. The van der Waals surface area contributed by atoms with Crippen LogP contribution in [-0.4, -0.2) is 23.0 Å². The van der Waals surface area contributed by atoms with E-state index in [1.807, 2.05) is 11.8 Å². The maximum absolute atomic E-state index is 4.74. The molecule has 3 heteroatoms. The summed E-state index contributed by atoms with van der Waals surface area (Å²) in [4.78, 5) is 4.74. The van der Waals surface area contributed by atoms with E-state index in [1.165, 1.54) is 5.56 Å². The van der Waals surface area contributed by atoms with Crippen LogP contribution in [0.15, 0.2) is 35.3 Å². The summed E-state index contributed by atoms with van der Waals surface area (Å²) in [5, 5.41) is 4.65. The molecular formula is C15H22N2S. The number of amidine groups is 1. The van der Waals surface area contributed by atoms with E-state index < -0.39 is 0 Å². The van der Waals surface area contributed by atoms with Crippen LogP contribution in [0, 0.1) is 5.92 Å². The fourth-order valence-electron chi connectivity index (χ4n) is 2.04. The lowest BCUT2D eigenvalue weighted by atomic mass is 10.1. The predicted molar refractivity (Wildman–Crippen MR) is 81.3 cm³/mol. The van der Waals surface area contributed by atoms with Crippen molar-refractivity contribution < 1.29 is 0 Å². The monoisotopic (exact) mass is 262 g/mol. The zero-order chi connectivity index (χ0) is 13.0. The molecule has 18 heavy (non-hydrogen) atoms. The maximum atomic E-state index is 4.74. The molecule has 1 N–H and O–H groups in total. The highest BCUT2D eigenvalue weighted by molar-refractivity contribution is 8.14. The van der Waals surface area contributed by atoms with Crippen LogP contribution in [0.25, 0.3) is 0 Å². The molecule has 1 aliphatic heterocycles. The number of benzene rings is 1. The summed E-state index contributed by atoms with van der Waals surface area (Å²) in [5.41, 5.74) is 1.38. The van der Waals surface area contributed by atoms with E-state index in [9.17, 15) is 0 Å². The van der Waals surface area contributed by atoms with Gasteiger partial charge in [-0.15, -0.1) is 0 Å². The second-order valence-corrected chi connectivity index (χ2v) is 6.30. The maximum Gasteiger partial charge on any atom is 0.157 e. The first-order valence-electron chi connectivity index (χ1n) is 6.66. The molecule has 2 nitrogen and oxygen atoms in total. The van der Waals surface area contributed by atoms with Gasteiger partial charge in [-0.05, 0) is 24.8 Å². The Hall–Kier alpha value is -0.960. The average molecular weight is 262 g/mol. The molecule has 0 bridgehead atoms. The lowest BCUT2D eigenvalue weighted by Gasteiger charge is -2.14. The van der Waals surface area contributed by atoms with E-state index in [0.717, 1.165) is 17.3 Å². The fourth-order valence-corrected chi connectivity index (χ4v) is 3.32. The second kappa shape index (κ2) is 6.28. The molecule has 0 fully saturated rings. The average Bonchev–Trinajstić information content (AvgIpc) is 2.78. The number of hydrogen-bond acceptors (Lipinski definition) is 3. The molecular weight excluding hydrogens is 240 g/mol. The highest BCUT2D eigenvalue weighted by Gasteiger charge is 2.21. The molecule has 2 rings (SSSR count). The van der Waals surface area contributed by atoms with Crippen LogP contribution >= 0.6 is 11.8 Å². The molecule has 0 aromatic heterocycles. The predicted octanol–water partition coefficient (Wildman–Crippen LogP) is 3.33. The number of rotatable bonds is 4. The molecule has 2 atom stereocenters. The van der Waals surface area contributed by atoms with Crippen LogP contribution in [0.2, 0.25) is 0 Å². The van der Waals surface area contributed by atoms with E-state index in [-0.39, 0.29) is 0 Å². The molecule has 0 saturated carbocycles. The van der Waals surface area contributed by atoms with Gasteiger partial charge in [0.15, 0.2) is 5.17 Å². The van der Waals surface area contributed by atoms with E-state index >= 15 is 0 Å². The van der Waals surface area contributed by atoms with Crippen LogP contribution in [0.4, 0.5) is 0 Å². The third-order valence-corrected chi connectivity index (χ3v) is 4.20. The zero-order valence-corrected chi connectivity index (χ0v) is 12.2. The SMILES string of the molecule is CC(Cc1ccccc1)NC1=N[C@@H](C(C)C)CS1. The van der Waals surface area contributed by atoms with Gasteiger partial charge in [0, 0.05) is 11.8 Å². The molecule has 1 aromatic rings. The van der Waals surface area contributed by atoms with Crippen molar-refractivity contribution in [1.82, 2.24) is 5.32 Å². The van der Waals surface area contributed by atoms with Gasteiger partial charge in [0.05, 0.1) is 6.04 Å². The summed E-state index contributed by atoms with van der Waals surface area (Å²) in [6, 6.07) is 11.5. The second-order valence-electron chi connectivity index (χ2n) is 5.29. The van der Waals surface area contributed by atoms with Crippen LogP contribution < -0.4 is 5.32 Å². The minimum atomic E-state index is 0.435. The van der Waals surface area contributed by atoms with Gasteiger partial charge in [0.1, 0.15) is 0 Å². The number of hydrogen-bond donors (Lipinski definition) is 1. The van der Waals surface area contributed by atoms with Crippen molar-refractivity contribution in [2.75, 3.05) is 5.75 Å². The third kappa shape index (κ3) is 3.77. The molecule has 1 unspecified atom stereocenters. The van der Waals surface area contributed by atoms with Gasteiger partial charge in [0.2, 0.25) is 0 Å². The first-order valence-corrected chi connectivity index (χ1v) is 7.64. The highest BCUT2D eigenvalue weighted by Crippen LogP contribution is 2.22. The molecule has 1 aliphatic rings. The quantitative estimate of drug-likeness (QED) is 0.900. The van der Waals surface area contributed by atoms with Crippen molar-refractivity contribution in [1.29, 1.82) is 0 Å². The topological polar surface area (TPSA) is 24.4 Å². The van der Waals surface area contributed by atoms with Crippen LogP contribution in [0.3, 0.4) is 0 Å². The molecule has 1 heterocycles. The highest BCUT2D eigenvalue weighted by atomic mass is 32.2. The largest absolute Gasteiger partial charge is 0.362 e. The van der Waals surface area contributed by atoms with E-state index in [2.05, 4.69) is 56.4 Å². The van der Waals surface area contributed by atoms with Gasteiger partial charge >= 0.3 is 0 Å². The standard InChI is InChI=1S/C15H22N2S/c1-11(2)14-10-18-15(17-14)16-12(3)9-13-7-5-4-6-8-13/h4-8,11-12,14H,9-10H2,1-3H3,(H,16,17)/t12?,14-/m1/s1.